The molecule has 4 heteroatoms. The van der Waals surface area contributed by atoms with Crippen molar-refractivity contribution in [2.75, 3.05) is 0 Å². The molecule has 7 heavy (non-hydrogen) atoms. The molecule has 0 radical (unpaired) electrons. The van der Waals surface area contributed by atoms with Crippen LogP contribution in [0.2, 0.25) is 0 Å². The number of rotatable bonds is 1. The van der Waals surface area contributed by atoms with Crippen molar-refractivity contribution in [2.24, 2.45) is 17.2 Å². The molecule has 0 aliphatic rings. The monoisotopic (exact) mass is 101 g/mol. The molecule has 0 saturated carbocycles. The van der Waals surface area contributed by atoms with Crippen LogP contribution in [0.25, 0.3) is 0 Å². The van der Waals surface area contributed by atoms with Crippen LogP contribution < -0.4 is 17.2 Å². The minimum Gasteiger partial charge on any atom is -0.386 e. The predicted octanol–water partition coefficient (Wildman–Crippen LogP) is -1.77. The summed E-state index contributed by atoms with van der Waals surface area (Å²) in [6, 6.07) is 0. The van der Waals surface area contributed by atoms with Gasteiger partial charge in [0.05, 0.1) is 5.82 Å². The van der Waals surface area contributed by atoms with Crippen LogP contribution in [-0.2, 0) is 4.79 Å². The lowest BCUT2D eigenvalue weighted by Gasteiger charge is -1.83. The maximum atomic E-state index is 9.80. The second-order valence-electron chi connectivity index (χ2n) is 1.05. The third kappa shape index (κ3) is 4.81. The standard InChI is InChI=1S/C3H7N3O/c4-2(5)1-3(6)7/h1H,4-5H2,(H2,6,7). The molecule has 1 amide bonds. The Hall–Kier alpha value is -1.19. The Morgan fingerprint density at radius 2 is 1.71 bits per heavy atom. The number of carbonyl (C=O) groups excluding carboxylic acids is 1. The van der Waals surface area contributed by atoms with E-state index in [0.29, 0.717) is 0 Å². The smallest absolute Gasteiger partial charge is 0.245 e. The first-order chi connectivity index (χ1) is 3.13. The number of hydrogen-bond acceptors (Lipinski definition) is 3. The molecule has 0 fully saturated rings. The fourth-order valence-electron chi connectivity index (χ4n) is 0.164. The Labute approximate surface area is 41.0 Å². The fourth-order valence-corrected chi connectivity index (χ4v) is 0.164. The molecule has 0 aliphatic carbocycles. The summed E-state index contributed by atoms with van der Waals surface area (Å²) < 4.78 is 0. The summed E-state index contributed by atoms with van der Waals surface area (Å²) in [5.74, 6) is -0.687. The third-order valence-electron chi connectivity index (χ3n) is 0.309. The van der Waals surface area contributed by atoms with Gasteiger partial charge in [-0.1, -0.05) is 0 Å². The lowest BCUT2D eigenvalue weighted by molar-refractivity contribution is -0.113. The summed E-state index contributed by atoms with van der Waals surface area (Å²) in [6.07, 6.45) is 0.944. The first-order valence-electron chi connectivity index (χ1n) is 1.65. The van der Waals surface area contributed by atoms with Gasteiger partial charge in [-0.2, -0.15) is 0 Å². The second kappa shape index (κ2) is 2.07. The van der Waals surface area contributed by atoms with E-state index >= 15 is 0 Å². The molecule has 4 nitrogen and oxygen atoms in total. The van der Waals surface area contributed by atoms with Crippen molar-refractivity contribution in [3.63, 3.8) is 0 Å². The van der Waals surface area contributed by atoms with Gasteiger partial charge in [0.1, 0.15) is 0 Å². The van der Waals surface area contributed by atoms with Crippen molar-refractivity contribution in [1.82, 2.24) is 0 Å². The van der Waals surface area contributed by atoms with E-state index in [9.17, 15) is 4.79 Å². The van der Waals surface area contributed by atoms with Gasteiger partial charge < -0.3 is 17.2 Å². The molecule has 0 spiro atoms. The molecule has 6 N–H and O–H groups in total. The van der Waals surface area contributed by atoms with Gasteiger partial charge in [0.15, 0.2) is 0 Å². The van der Waals surface area contributed by atoms with Gasteiger partial charge in [-0.05, 0) is 0 Å². The molecule has 0 aromatic rings. The molecule has 0 saturated heterocycles. The van der Waals surface area contributed by atoms with E-state index in [1.54, 1.807) is 0 Å². The molecular weight excluding hydrogens is 94.1 g/mol. The summed E-state index contributed by atoms with van der Waals surface area (Å²) in [5, 5.41) is 0. The van der Waals surface area contributed by atoms with Crippen LogP contribution in [0.4, 0.5) is 0 Å². The van der Waals surface area contributed by atoms with Gasteiger partial charge in [-0.15, -0.1) is 0 Å². The Bertz CT molecular complexity index is 103. The molecule has 0 aromatic heterocycles. The average molecular weight is 101 g/mol. The first kappa shape index (κ1) is 5.81. The Balaban J connectivity index is 3.68. The van der Waals surface area contributed by atoms with E-state index in [1.165, 1.54) is 0 Å². The maximum Gasteiger partial charge on any atom is 0.245 e. The summed E-state index contributed by atoms with van der Waals surface area (Å²) in [5.41, 5.74) is 14.3. The van der Waals surface area contributed by atoms with Crippen molar-refractivity contribution < 1.29 is 4.79 Å². The predicted molar refractivity (Wildman–Crippen MR) is 25.7 cm³/mol. The van der Waals surface area contributed by atoms with E-state index in [4.69, 9.17) is 11.5 Å². The number of hydrogen-bond donors (Lipinski definition) is 3. The molecule has 0 aromatic carbocycles. The van der Waals surface area contributed by atoms with Crippen LogP contribution in [0, 0.1) is 0 Å². The first-order valence-corrected chi connectivity index (χ1v) is 1.65. The summed E-state index contributed by atoms with van der Waals surface area (Å²) in [6.45, 7) is 0. The van der Waals surface area contributed by atoms with Crippen LogP contribution in [0.15, 0.2) is 11.9 Å². The van der Waals surface area contributed by atoms with Crippen molar-refractivity contribution in [2.45, 2.75) is 0 Å². The van der Waals surface area contributed by atoms with Crippen molar-refractivity contribution in [3.05, 3.63) is 11.9 Å². The molecule has 0 unspecified atom stereocenters. The highest BCUT2D eigenvalue weighted by atomic mass is 16.1. The highest BCUT2D eigenvalue weighted by molar-refractivity contribution is 5.86. The van der Waals surface area contributed by atoms with E-state index in [0.717, 1.165) is 6.08 Å². The molecule has 0 aliphatic heterocycles. The van der Waals surface area contributed by atoms with Gasteiger partial charge in [-0.3, -0.25) is 4.79 Å². The zero-order chi connectivity index (χ0) is 5.86. The van der Waals surface area contributed by atoms with E-state index in [-0.39, 0.29) is 5.82 Å². The fraction of sp³-hybridized carbons (Fsp3) is 0. The molecule has 0 rings (SSSR count). The summed E-state index contributed by atoms with van der Waals surface area (Å²) >= 11 is 0. The van der Waals surface area contributed by atoms with E-state index in [1.807, 2.05) is 0 Å². The van der Waals surface area contributed by atoms with Gasteiger partial charge in [0.25, 0.3) is 0 Å². The Kier molecular flexibility index (Phi) is 1.72. The van der Waals surface area contributed by atoms with E-state index in [2.05, 4.69) is 5.73 Å². The van der Waals surface area contributed by atoms with Gasteiger partial charge >= 0.3 is 0 Å². The lowest BCUT2D eigenvalue weighted by Crippen LogP contribution is -2.15. The highest BCUT2D eigenvalue weighted by Crippen LogP contribution is 1.64. The van der Waals surface area contributed by atoms with Crippen molar-refractivity contribution in [3.8, 4) is 0 Å². The third-order valence-corrected chi connectivity index (χ3v) is 0.309. The Morgan fingerprint density at radius 1 is 1.29 bits per heavy atom. The van der Waals surface area contributed by atoms with Crippen LogP contribution in [0.3, 0.4) is 0 Å². The Morgan fingerprint density at radius 3 is 1.71 bits per heavy atom. The van der Waals surface area contributed by atoms with Crippen LogP contribution in [0.5, 0.6) is 0 Å². The minimum absolute atomic E-state index is 0.0625. The van der Waals surface area contributed by atoms with Gasteiger partial charge in [0, 0.05) is 6.08 Å². The average Bonchev–Trinajstić information content (AvgIpc) is 1.27. The van der Waals surface area contributed by atoms with Gasteiger partial charge in [-0.25, -0.2) is 0 Å². The zero-order valence-corrected chi connectivity index (χ0v) is 3.72. The molecule has 0 atom stereocenters. The number of amides is 1. The number of nitrogens with two attached hydrogens (primary N) is 3. The topological polar surface area (TPSA) is 95.1 Å². The molecule has 40 valence electrons. The number of carbonyl (C=O) groups is 1. The molecule has 0 bridgehead atoms. The minimum atomic E-state index is -0.625. The van der Waals surface area contributed by atoms with Crippen molar-refractivity contribution >= 4 is 5.91 Å². The summed E-state index contributed by atoms with van der Waals surface area (Å²) in [7, 11) is 0. The normalized spacial score (nSPS) is 7.43. The maximum absolute atomic E-state index is 9.80. The second-order valence-corrected chi connectivity index (χ2v) is 1.05. The quantitative estimate of drug-likeness (QED) is 0.341. The zero-order valence-electron chi connectivity index (χ0n) is 3.72. The lowest BCUT2D eigenvalue weighted by atomic mass is 10.5. The van der Waals surface area contributed by atoms with Gasteiger partial charge in [0.2, 0.25) is 5.91 Å². The highest BCUT2D eigenvalue weighted by Gasteiger charge is 1.82. The molecular formula is C3H7N3O. The SMILES string of the molecule is NC(=O)C=C(N)N. The van der Waals surface area contributed by atoms with Crippen LogP contribution >= 0.6 is 0 Å². The van der Waals surface area contributed by atoms with Crippen LogP contribution in [-0.4, -0.2) is 5.91 Å². The van der Waals surface area contributed by atoms with Crippen LogP contribution in [0.1, 0.15) is 0 Å². The van der Waals surface area contributed by atoms with Crippen molar-refractivity contribution in [1.29, 1.82) is 0 Å². The van der Waals surface area contributed by atoms with E-state index < -0.39 is 5.91 Å². The summed E-state index contributed by atoms with van der Waals surface area (Å²) in [4.78, 5) is 9.80. The molecule has 0 heterocycles. The number of primary amides is 1. The largest absolute Gasteiger partial charge is 0.386 e.